The van der Waals surface area contributed by atoms with E-state index in [4.69, 9.17) is 5.11 Å². The molecule has 1 nitrogen and oxygen atoms in total. The van der Waals surface area contributed by atoms with Gasteiger partial charge in [-0.3, -0.25) is 0 Å². The smallest absolute Gasteiger partial charge is 0.0456 e. The van der Waals surface area contributed by atoms with Crippen molar-refractivity contribution in [1.82, 2.24) is 0 Å². The van der Waals surface area contributed by atoms with E-state index in [1.54, 1.807) is 0 Å². The minimum Gasteiger partial charge on any atom is -0.396 e. The van der Waals surface area contributed by atoms with Gasteiger partial charge < -0.3 is 5.11 Å². The maximum absolute atomic E-state index is 8.81. The van der Waals surface area contributed by atoms with E-state index >= 15 is 0 Å². The Morgan fingerprint density at radius 3 is 2.27 bits per heavy atom. The Bertz CT molecular complexity index is 80.9. The number of unbranched alkanes of at least 4 members (excludes halogenated alkanes) is 1. The van der Waals surface area contributed by atoms with Crippen LogP contribution in [0.3, 0.4) is 0 Å². The van der Waals surface area contributed by atoms with E-state index in [1.807, 2.05) is 0 Å². The third kappa shape index (κ3) is 6.36. The number of aliphatic hydroxyl groups excluding tert-OH is 1. The lowest BCUT2D eigenvalue weighted by Crippen LogP contribution is -2.06. The van der Waals surface area contributed by atoms with Crippen molar-refractivity contribution >= 4 is 0 Å². The summed E-state index contributed by atoms with van der Waals surface area (Å²) in [6.45, 7) is 6.96. The van der Waals surface area contributed by atoms with Gasteiger partial charge >= 0.3 is 0 Å². The maximum Gasteiger partial charge on any atom is 0.0456 e. The van der Waals surface area contributed by atoms with Crippen molar-refractivity contribution in [3.63, 3.8) is 0 Å². The van der Waals surface area contributed by atoms with Gasteiger partial charge in [-0.15, -0.1) is 0 Å². The molecule has 0 aromatic carbocycles. The molecule has 2 atom stereocenters. The largest absolute Gasteiger partial charge is 0.396 e. The molecule has 11 heavy (non-hydrogen) atoms. The first-order chi connectivity index (χ1) is 5.20. The highest BCUT2D eigenvalue weighted by atomic mass is 16.3. The molecule has 1 heteroatoms. The summed E-state index contributed by atoms with van der Waals surface area (Å²) >= 11 is 0. The maximum atomic E-state index is 8.81. The van der Waals surface area contributed by atoms with Crippen molar-refractivity contribution in [2.75, 3.05) is 6.61 Å². The molecule has 1 N–H and O–H groups in total. The molecule has 0 fully saturated rings. The lowest BCUT2D eigenvalue weighted by atomic mass is 9.94. The molecule has 0 spiro atoms. The molecule has 0 aliphatic heterocycles. The first-order valence-corrected chi connectivity index (χ1v) is 4.81. The molecular weight excluding hydrogens is 136 g/mol. The van der Waals surface area contributed by atoms with Gasteiger partial charge in [-0.1, -0.05) is 40.0 Å². The van der Waals surface area contributed by atoms with Gasteiger partial charge in [0.15, 0.2) is 0 Å². The summed E-state index contributed by atoms with van der Waals surface area (Å²) < 4.78 is 0. The van der Waals surface area contributed by atoms with Crippen molar-refractivity contribution < 1.29 is 5.11 Å². The lowest BCUT2D eigenvalue weighted by Gasteiger charge is -2.14. The fourth-order valence-electron chi connectivity index (χ4n) is 1.43. The minimum absolute atomic E-state index is 0.344. The van der Waals surface area contributed by atoms with Crippen LogP contribution in [-0.2, 0) is 0 Å². The Hall–Kier alpha value is -0.0400. The summed E-state index contributed by atoms with van der Waals surface area (Å²) in [5.41, 5.74) is 0. The fourth-order valence-corrected chi connectivity index (χ4v) is 1.43. The van der Waals surface area contributed by atoms with Gasteiger partial charge in [-0.05, 0) is 18.3 Å². The molecule has 68 valence electrons. The zero-order chi connectivity index (χ0) is 8.69. The monoisotopic (exact) mass is 158 g/mol. The molecule has 0 unspecified atom stereocenters. The molecule has 0 aliphatic rings. The van der Waals surface area contributed by atoms with Crippen molar-refractivity contribution in [2.45, 2.75) is 46.5 Å². The summed E-state index contributed by atoms with van der Waals surface area (Å²) in [5, 5.41) is 8.81. The van der Waals surface area contributed by atoms with E-state index in [-0.39, 0.29) is 0 Å². The van der Waals surface area contributed by atoms with Crippen LogP contribution in [0.2, 0.25) is 0 Å². The molecule has 0 aliphatic carbocycles. The Labute approximate surface area is 70.8 Å². The van der Waals surface area contributed by atoms with Gasteiger partial charge in [0.05, 0.1) is 0 Å². The minimum atomic E-state index is 0.344. The van der Waals surface area contributed by atoms with Crippen LogP contribution in [0, 0.1) is 11.8 Å². The number of rotatable bonds is 6. The summed E-state index contributed by atoms with van der Waals surface area (Å²) in [5.74, 6) is 1.28. The highest BCUT2D eigenvalue weighted by Crippen LogP contribution is 2.16. The number of aliphatic hydroxyl groups is 1. The normalized spacial score (nSPS) is 16.4. The zero-order valence-corrected chi connectivity index (χ0v) is 8.14. The highest BCUT2D eigenvalue weighted by molar-refractivity contribution is 4.58. The van der Waals surface area contributed by atoms with E-state index in [1.165, 1.54) is 25.7 Å². The Morgan fingerprint density at radius 2 is 1.82 bits per heavy atom. The van der Waals surface area contributed by atoms with Crippen LogP contribution in [0.4, 0.5) is 0 Å². The van der Waals surface area contributed by atoms with Crippen LogP contribution >= 0.6 is 0 Å². The Morgan fingerprint density at radius 1 is 1.18 bits per heavy atom. The fraction of sp³-hybridized carbons (Fsp3) is 1.00. The third-order valence-corrected chi connectivity index (χ3v) is 2.17. The van der Waals surface area contributed by atoms with Gasteiger partial charge in [0.25, 0.3) is 0 Å². The molecule has 0 saturated heterocycles. The van der Waals surface area contributed by atoms with E-state index in [0.717, 1.165) is 5.92 Å². The second-order valence-corrected chi connectivity index (χ2v) is 3.77. The molecule has 0 heterocycles. The Balaban J connectivity index is 3.27. The van der Waals surface area contributed by atoms with Gasteiger partial charge in [-0.2, -0.15) is 0 Å². The highest BCUT2D eigenvalue weighted by Gasteiger charge is 2.06. The first kappa shape index (κ1) is 11.0. The van der Waals surface area contributed by atoms with Crippen LogP contribution in [-0.4, -0.2) is 11.7 Å². The quantitative estimate of drug-likeness (QED) is 0.630. The van der Waals surface area contributed by atoms with E-state index < -0.39 is 0 Å². The second kappa shape index (κ2) is 6.66. The molecule has 0 rings (SSSR count). The Kier molecular flexibility index (Phi) is 6.63. The van der Waals surface area contributed by atoms with Crippen molar-refractivity contribution in [1.29, 1.82) is 0 Å². The molecule has 0 aromatic heterocycles. The third-order valence-electron chi connectivity index (χ3n) is 2.17. The molecule has 0 bridgehead atoms. The SMILES string of the molecule is CCCC[C@H](C)C[C@H](C)CO. The summed E-state index contributed by atoms with van der Waals surface area (Å²) in [4.78, 5) is 0. The van der Waals surface area contributed by atoms with Crippen molar-refractivity contribution in [2.24, 2.45) is 11.8 Å². The molecule has 0 aromatic rings. The van der Waals surface area contributed by atoms with Gasteiger partial charge in [0.1, 0.15) is 0 Å². The topological polar surface area (TPSA) is 20.2 Å². The van der Waals surface area contributed by atoms with Crippen molar-refractivity contribution in [3.8, 4) is 0 Å². The van der Waals surface area contributed by atoms with E-state index in [0.29, 0.717) is 12.5 Å². The van der Waals surface area contributed by atoms with Gasteiger partial charge in [0, 0.05) is 6.61 Å². The average Bonchev–Trinajstić information content (AvgIpc) is 2.00. The molecular formula is C10H22O. The molecule has 0 amide bonds. The van der Waals surface area contributed by atoms with Crippen LogP contribution in [0.15, 0.2) is 0 Å². The predicted molar refractivity (Wildman–Crippen MR) is 49.6 cm³/mol. The van der Waals surface area contributed by atoms with Crippen LogP contribution < -0.4 is 0 Å². The standard InChI is InChI=1S/C10H22O/c1-4-5-6-9(2)7-10(3)8-11/h9-11H,4-8H2,1-3H3/t9-,10-/m0/s1. The predicted octanol–water partition coefficient (Wildman–Crippen LogP) is 2.83. The van der Waals surface area contributed by atoms with Gasteiger partial charge in [0.2, 0.25) is 0 Å². The van der Waals surface area contributed by atoms with E-state index in [2.05, 4.69) is 20.8 Å². The number of hydrogen-bond acceptors (Lipinski definition) is 1. The van der Waals surface area contributed by atoms with Gasteiger partial charge in [-0.25, -0.2) is 0 Å². The average molecular weight is 158 g/mol. The summed E-state index contributed by atoms with van der Waals surface area (Å²) in [6, 6.07) is 0. The first-order valence-electron chi connectivity index (χ1n) is 4.81. The van der Waals surface area contributed by atoms with Crippen LogP contribution in [0.5, 0.6) is 0 Å². The zero-order valence-electron chi connectivity index (χ0n) is 8.14. The second-order valence-electron chi connectivity index (χ2n) is 3.77. The summed E-state index contributed by atoms with van der Waals surface area (Å²) in [7, 11) is 0. The molecule has 0 radical (unpaired) electrons. The van der Waals surface area contributed by atoms with Crippen molar-refractivity contribution in [3.05, 3.63) is 0 Å². The van der Waals surface area contributed by atoms with Crippen LogP contribution in [0.1, 0.15) is 46.5 Å². The van der Waals surface area contributed by atoms with E-state index in [9.17, 15) is 0 Å². The summed E-state index contributed by atoms with van der Waals surface area (Å²) in [6.07, 6.45) is 5.12. The molecule has 0 saturated carbocycles. The van der Waals surface area contributed by atoms with Crippen LogP contribution in [0.25, 0.3) is 0 Å². The lowest BCUT2D eigenvalue weighted by molar-refractivity contribution is 0.212. The number of hydrogen-bond donors (Lipinski definition) is 1.